The number of rotatable bonds is 4. The normalized spacial score (nSPS) is 11.1. The second-order valence-electron chi connectivity index (χ2n) is 7.44. The maximum atomic E-state index is 13.2. The Kier molecular flexibility index (Phi) is 5.36. The van der Waals surface area contributed by atoms with Gasteiger partial charge in [0, 0.05) is 5.69 Å². The molecule has 0 aliphatic rings. The summed E-state index contributed by atoms with van der Waals surface area (Å²) in [7, 11) is 0. The van der Waals surface area contributed by atoms with Crippen molar-refractivity contribution in [2.45, 2.75) is 26.4 Å². The van der Waals surface area contributed by atoms with Gasteiger partial charge in [0.25, 0.3) is 0 Å². The Balaban J connectivity index is 2.01. The molecule has 0 aromatic heterocycles. The molecule has 0 radical (unpaired) electrons. The number of halogens is 1. The number of ether oxygens (including phenoxy) is 1. The number of aromatic hydroxyl groups is 1. The third-order valence-corrected chi connectivity index (χ3v) is 3.96. The van der Waals surface area contributed by atoms with Crippen LogP contribution < -0.4 is 5.32 Å². The predicted molar refractivity (Wildman–Crippen MR) is 108 cm³/mol. The monoisotopic (exact) mass is 379 g/mol. The van der Waals surface area contributed by atoms with Gasteiger partial charge in [-0.05, 0) is 80.4 Å². The van der Waals surface area contributed by atoms with Crippen LogP contribution in [0.5, 0.6) is 5.75 Å². The fourth-order valence-corrected chi connectivity index (χ4v) is 2.68. The van der Waals surface area contributed by atoms with E-state index in [-0.39, 0.29) is 11.6 Å². The number of nitrogens with one attached hydrogen (secondary N) is 1. The van der Waals surface area contributed by atoms with Crippen LogP contribution in [-0.2, 0) is 4.74 Å². The van der Waals surface area contributed by atoms with Gasteiger partial charge in [-0.3, -0.25) is 0 Å². The van der Waals surface area contributed by atoms with Crippen LogP contribution in [0.15, 0.2) is 66.7 Å². The van der Waals surface area contributed by atoms with E-state index in [4.69, 9.17) is 4.74 Å². The van der Waals surface area contributed by atoms with Crippen molar-refractivity contribution < 1.29 is 19.0 Å². The van der Waals surface area contributed by atoms with Crippen molar-refractivity contribution in [2.24, 2.45) is 0 Å². The Morgan fingerprint density at radius 3 is 2.14 bits per heavy atom. The summed E-state index contributed by atoms with van der Waals surface area (Å²) < 4.78 is 18.7. The Morgan fingerprint density at radius 1 is 0.929 bits per heavy atom. The van der Waals surface area contributed by atoms with Crippen LogP contribution in [-0.4, -0.2) is 16.7 Å². The minimum Gasteiger partial charge on any atom is -0.508 e. The number of hydrogen-bond donors (Lipinski definition) is 2. The molecular formula is C23H22FNO3. The molecule has 0 unspecified atom stereocenters. The van der Waals surface area contributed by atoms with E-state index in [0.29, 0.717) is 16.9 Å². The zero-order valence-electron chi connectivity index (χ0n) is 16.0. The molecule has 5 heteroatoms. The minimum absolute atomic E-state index is 0.179. The lowest BCUT2D eigenvalue weighted by atomic mass is 10.0. The number of phenols is 1. The Hall–Kier alpha value is -3.34. The minimum atomic E-state index is -0.625. The van der Waals surface area contributed by atoms with Gasteiger partial charge in [-0.25, -0.2) is 9.18 Å². The largest absolute Gasteiger partial charge is 0.508 e. The van der Waals surface area contributed by atoms with E-state index < -0.39 is 11.6 Å². The summed E-state index contributed by atoms with van der Waals surface area (Å²) in [6.07, 6.45) is 0. The fraction of sp³-hybridized carbons (Fsp3) is 0.174. The maximum Gasteiger partial charge on any atom is 0.340 e. The van der Waals surface area contributed by atoms with Crippen molar-refractivity contribution in [1.29, 1.82) is 0 Å². The van der Waals surface area contributed by atoms with E-state index in [1.807, 2.05) is 32.9 Å². The van der Waals surface area contributed by atoms with Crippen molar-refractivity contribution in [3.63, 3.8) is 0 Å². The van der Waals surface area contributed by atoms with Crippen LogP contribution in [0, 0.1) is 5.82 Å². The van der Waals surface area contributed by atoms with E-state index in [1.54, 1.807) is 42.5 Å². The highest BCUT2D eigenvalue weighted by molar-refractivity contribution is 5.98. The van der Waals surface area contributed by atoms with Crippen molar-refractivity contribution in [1.82, 2.24) is 0 Å². The quantitative estimate of drug-likeness (QED) is 0.554. The van der Waals surface area contributed by atoms with Crippen LogP contribution in [0.25, 0.3) is 11.1 Å². The third kappa shape index (κ3) is 4.88. The molecule has 0 amide bonds. The number of esters is 1. The summed E-state index contributed by atoms with van der Waals surface area (Å²) >= 11 is 0. The molecule has 28 heavy (non-hydrogen) atoms. The van der Waals surface area contributed by atoms with Crippen LogP contribution in [0.1, 0.15) is 31.1 Å². The maximum absolute atomic E-state index is 13.2. The van der Waals surface area contributed by atoms with Gasteiger partial charge in [0.05, 0.1) is 11.3 Å². The molecule has 0 heterocycles. The fourth-order valence-electron chi connectivity index (χ4n) is 2.68. The lowest BCUT2D eigenvalue weighted by molar-refractivity contribution is 0.00707. The summed E-state index contributed by atoms with van der Waals surface area (Å²) in [5, 5.41) is 12.7. The van der Waals surface area contributed by atoms with Crippen molar-refractivity contribution in [3.05, 3.63) is 78.1 Å². The SMILES string of the molecule is CC(C)(C)OC(=O)c1ccc(-c2ccc(O)cc2)cc1Nc1ccc(F)cc1. The molecule has 0 spiro atoms. The van der Waals surface area contributed by atoms with Gasteiger partial charge in [-0.1, -0.05) is 18.2 Å². The molecule has 0 fully saturated rings. The molecule has 144 valence electrons. The molecule has 0 saturated heterocycles. The molecule has 4 nitrogen and oxygen atoms in total. The number of phenolic OH excluding ortho intramolecular Hbond substituents is 1. The smallest absolute Gasteiger partial charge is 0.340 e. The lowest BCUT2D eigenvalue weighted by Crippen LogP contribution is -2.24. The number of anilines is 2. The van der Waals surface area contributed by atoms with Crippen molar-refractivity contribution >= 4 is 17.3 Å². The topological polar surface area (TPSA) is 58.6 Å². The van der Waals surface area contributed by atoms with Gasteiger partial charge in [0.15, 0.2) is 0 Å². The highest BCUT2D eigenvalue weighted by atomic mass is 19.1. The molecular weight excluding hydrogens is 357 g/mol. The van der Waals surface area contributed by atoms with Gasteiger partial charge in [-0.15, -0.1) is 0 Å². The van der Waals surface area contributed by atoms with E-state index in [9.17, 15) is 14.3 Å². The Bertz CT molecular complexity index is 974. The molecule has 2 N–H and O–H groups in total. The van der Waals surface area contributed by atoms with Crippen LogP contribution in [0.2, 0.25) is 0 Å². The number of benzene rings is 3. The Labute approximate surface area is 163 Å². The predicted octanol–water partition coefficient (Wildman–Crippen LogP) is 5.90. The third-order valence-electron chi connectivity index (χ3n) is 3.96. The van der Waals surface area contributed by atoms with Gasteiger partial charge in [0.1, 0.15) is 17.2 Å². The second-order valence-corrected chi connectivity index (χ2v) is 7.44. The van der Waals surface area contributed by atoms with Gasteiger partial charge >= 0.3 is 5.97 Å². The highest BCUT2D eigenvalue weighted by Crippen LogP contribution is 2.30. The zero-order valence-corrected chi connectivity index (χ0v) is 16.0. The van der Waals surface area contributed by atoms with E-state index in [0.717, 1.165) is 11.1 Å². The number of carbonyl (C=O) groups is 1. The van der Waals surface area contributed by atoms with Gasteiger partial charge in [-0.2, -0.15) is 0 Å². The Morgan fingerprint density at radius 2 is 1.54 bits per heavy atom. The molecule has 3 aromatic rings. The lowest BCUT2D eigenvalue weighted by Gasteiger charge is -2.21. The van der Waals surface area contributed by atoms with Crippen LogP contribution in [0.4, 0.5) is 15.8 Å². The molecule has 0 aliphatic carbocycles. The molecule has 3 aromatic carbocycles. The van der Waals surface area contributed by atoms with Gasteiger partial charge < -0.3 is 15.2 Å². The highest BCUT2D eigenvalue weighted by Gasteiger charge is 2.21. The average Bonchev–Trinajstić information content (AvgIpc) is 2.63. The van der Waals surface area contributed by atoms with E-state index in [1.165, 1.54) is 12.1 Å². The second kappa shape index (κ2) is 7.72. The molecule has 0 aliphatic heterocycles. The first-order valence-corrected chi connectivity index (χ1v) is 8.91. The first-order valence-electron chi connectivity index (χ1n) is 8.91. The number of carbonyl (C=O) groups excluding carboxylic acids is 1. The summed E-state index contributed by atoms with van der Waals surface area (Å²) in [5.74, 6) is -0.607. The van der Waals surface area contributed by atoms with Crippen LogP contribution >= 0.6 is 0 Å². The standard InChI is InChI=1S/C23H22FNO3/c1-23(2,3)28-22(27)20-13-6-16(15-4-11-19(26)12-5-15)14-21(20)25-18-9-7-17(24)8-10-18/h4-14,25-26H,1-3H3. The summed E-state index contributed by atoms with van der Waals surface area (Å²) in [6, 6.07) is 18.0. The molecule has 3 rings (SSSR count). The van der Waals surface area contributed by atoms with Gasteiger partial charge in [0.2, 0.25) is 0 Å². The summed E-state index contributed by atoms with van der Waals surface area (Å²) in [5.41, 5.74) is 2.69. The van der Waals surface area contributed by atoms with Crippen molar-refractivity contribution in [3.8, 4) is 16.9 Å². The molecule has 0 saturated carbocycles. The van der Waals surface area contributed by atoms with Crippen molar-refractivity contribution in [2.75, 3.05) is 5.32 Å². The summed E-state index contributed by atoms with van der Waals surface area (Å²) in [4.78, 5) is 12.7. The van der Waals surface area contributed by atoms with Crippen LogP contribution in [0.3, 0.4) is 0 Å². The van der Waals surface area contributed by atoms with E-state index >= 15 is 0 Å². The van der Waals surface area contributed by atoms with E-state index in [2.05, 4.69) is 5.32 Å². The zero-order chi connectivity index (χ0) is 20.3. The molecule has 0 bridgehead atoms. The average molecular weight is 379 g/mol. The number of hydrogen-bond acceptors (Lipinski definition) is 4. The summed E-state index contributed by atoms with van der Waals surface area (Å²) in [6.45, 7) is 5.42. The first-order chi connectivity index (χ1) is 13.2. The molecule has 0 atom stereocenters. The first kappa shape index (κ1) is 19.4.